The summed E-state index contributed by atoms with van der Waals surface area (Å²) < 4.78 is 0. The van der Waals surface area contributed by atoms with Gasteiger partial charge in [-0.15, -0.1) is 0 Å². The predicted octanol–water partition coefficient (Wildman–Crippen LogP) is 2.52. The SMILES string of the molecule is CN1CCC2(CC1)CC2C1CCC1. The van der Waals surface area contributed by atoms with Crippen molar-refractivity contribution >= 4 is 0 Å². The summed E-state index contributed by atoms with van der Waals surface area (Å²) in [5.41, 5.74) is 0.859. The molecule has 13 heavy (non-hydrogen) atoms. The van der Waals surface area contributed by atoms with Crippen LogP contribution in [0.5, 0.6) is 0 Å². The Hall–Kier alpha value is -0.0400. The van der Waals surface area contributed by atoms with Crippen molar-refractivity contribution in [3.8, 4) is 0 Å². The van der Waals surface area contributed by atoms with E-state index in [0.717, 1.165) is 17.3 Å². The molecule has 1 nitrogen and oxygen atoms in total. The van der Waals surface area contributed by atoms with Crippen LogP contribution in [0.1, 0.15) is 38.5 Å². The summed E-state index contributed by atoms with van der Waals surface area (Å²) >= 11 is 0. The van der Waals surface area contributed by atoms with Crippen molar-refractivity contribution < 1.29 is 0 Å². The molecule has 3 fully saturated rings. The molecule has 0 amide bonds. The monoisotopic (exact) mass is 179 g/mol. The Balaban J connectivity index is 1.60. The van der Waals surface area contributed by atoms with E-state index in [1.165, 1.54) is 32.4 Å². The quantitative estimate of drug-likeness (QED) is 0.598. The highest BCUT2D eigenvalue weighted by atomic mass is 15.1. The Morgan fingerprint density at radius 2 is 1.85 bits per heavy atom. The summed E-state index contributed by atoms with van der Waals surface area (Å²) in [6.45, 7) is 2.73. The Labute approximate surface area is 81.5 Å². The smallest absolute Gasteiger partial charge is 0.00164 e. The van der Waals surface area contributed by atoms with Gasteiger partial charge in [0.05, 0.1) is 0 Å². The maximum atomic E-state index is 2.50. The molecule has 0 radical (unpaired) electrons. The fraction of sp³-hybridized carbons (Fsp3) is 1.00. The lowest BCUT2D eigenvalue weighted by molar-refractivity contribution is 0.158. The van der Waals surface area contributed by atoms with Crippen molar-refractivity contribution in [3.63, 3.8) is 0 Å². The van der Waals surface area contributed by atoms with Crippen molar-refractivity contribution in [1.29, 1.82) is 0 Å². The first kappa shape index (κ1) is 8.28. The van der Waals surface area contributed by atoms with E-state index in [1.807, 2.05) is 0 Å². The molecule has 1 heteroatoms. The number of nitrogens with zero attached hydrogens (tertiary/aromatic N) is 1. The first-order chi connectivity index (χ1) is 6.30. The molecule has 1 saturated heterocycles. The number of rotatable bonds is 1. The second-order valence-corrected chi connectivity index (χ2v) is 5.67. The normalized spacial score (nSPS) is 39.0. The van der Waals surface area contributed by atoms with Crippen LogP contribution in [0.2, 0.25) is 0 Å². The van der Waals surface area contributed by atoms with Gasteiger partial charge in [0.25, 0.3) is 0 Å². The van der Waals surface area contributed by atoms with Crippen molar-refractivity contribution in [2.75, 3.05) is 20.1 Å². The molecule has 0 N–H and O–H groups in total. The van der Waals surface area contributed by atoms with Gasteiger partial charge in [0.1, 0.15) is 0 Å². The lowest BCUT2D eigenvalue weighted by atomic mass is 9.76. The average molecular weight is 179 g/mol. The fourth-order valence-electron chi connectivity index (χ4n) is 3.53. The van der Waals surface area contributed by atoms with Gasteiger partial charge in [0.15, 0.2) is 0 Å². The van der Waals surface area contributed by atoms with Gasteiger partial charge in [0.2, 0.25) is 0 Å². The molecule has 0 aromatic carbocycles. The minimum atomic E-state index is 0.859. The fourth-order valence-corrected chi connectivity index (χ4v) is 3.53. The summed E-state index contributed by atoms with van der Waals surface area (Å²) in [4.78, 5) is 2.50. The standard InChI is InChI=1S/C12H21N/c1-13-7-5-12(6-8-13)9-11(12)10-3-2-4-10/h10-11H,2-9H2,1H3. The van der Waals surface area contributed by atoms with Gasteiger partial charge in [0, 0.05) is 0 Å². The van der Waals surface area contributed by atoms with Crippen LogP contribution in [0.15, 0.2) is 0 Å². The highest BCUT2D eigenvalue weighted by Gasteiger charge is 2.57. The third-order valence-corrected chi connectivity index (χ3v) is 4.95. The first-order valence-electron chi connectivity index (χ1n) is 5.99. The van der Waals surface area contributed by atoms with E-state index in [0.29, 0.717) is 0 Å². The largest absolute Gasteiger partial charge is 0.306 e. The lowest BCUT2D eigenvalue weighted by Crippen LogP contribution is -2.33. The van der Waals surface area contributed by atoms with Crippen LogP contribution in [0.3, 0.4) is 0 Å². The van der Waals surface area contributed by atoms with E-state index in [4.69, 9.17) is 0 Å². The maximum absolute atomic E-state index is 2.50. The molecule has 2 aliphatic carbocycles. The molecule has 3 aliphatic rings. The average Bonchev–Trinajstić information content (AvgIpc) is 2.69. The number of hydrogen-bond donors (Lipinski definition) is 0. The molecule has 1 atom stereocenters. The zero-order valence-corrected chi connectivity index (χ0v) is 8.76. The van der Waals surface area contributed by atoms with Crippen LogP contribution in [0.25, 0.3) is 0 Å². The van der Waals surface area contributed by atoms with Crippen molar-refractivity contribution in [1.82, 2.24) is 4.90 Å². The van der Waals surface area contributed by atoms with Gasteiger partial charge in [-0.3, -0.25) is 0 Å². The van der Waals surface area contributed by atoms with Gasteiger partial charge < -0.3 is 4.90 Å². The van der Waals surface area contributed by atoms with E-state index in [2.05, 4.69) is 11.9 Å². The van der Waals surface area contributed by atoms with Crippen LogP contribution in [-0.2, 0) is 0 Å². The minimum Gasteiger partial charge on any atom is -0.306 e. The van der Waals surface area contributed by atoms with Crippen LogP contribution >= 0.6 is 0 Å². The van der Waals surface area contributed by atoms with Crippen LogP contribution < -0.4 is 0 Å². The van der Waals surface area contributed by atoms with Crippen LogP contribution in [-0.4, -0.2) is 25.0 Å². The van der Waals surface area contributed by atoms with Gasteiger partial charge in [-0.2, -0.15) is 0 Å². The number of hydrogen-bond acceptors (Lipinski definition) is 1. The van der Waals surface area contributed by atoms with Gasteiger partial charge >= 0.3 is 0 Å². The van der Waals surface area contributed by atoms with E-state index in [9.17, 15) is 0 Å². The van der Waals surface area contributed by atoms with E-state index >= 15 is 0 Å². The maximum Gasteiger partial charge on any atom is -0.00164 e. The first-order valence-corrected chi connectivity index (χ1v) is 5.99. The minimum absolute atomic E-state index is 0.859. The van der Waals surface area contributed by atoms with Gasteiger partial charge in [-0.25, -0.2) is 0 Å². The lowest BCUT2D eigenvalue weighted by Gasteiger charge is -2.34. The Morgan fingerprint density at radius 1 is 1.15 bits per heavy atom. The van der Waals surface area contributed by atoms with Crippen molar-refractivity contribution in [2.45, 2.75) is 38.5 Å². The molecule has 0 bridgehead atoms. The molecule has 0 aromatic rings. The summed E-state index contributed by atoms with van der Waals surface area (Å²) in [6, 6.07) is 0. The van der Waals surface area contributed by atoms with Crippen LogP contribution in [0.4, 0.5) is 0 Å². The molecular weight excluding hydrogens is 158 g/mol. The van der Waals surface area contributed by atoms with Crippen LogP contribution in [0, 0.1) is 17.3 Å². The summed E-state index contributed by atoms with van der Waals surface area (Å²) in [6.07, 6.45) is 9.24. The third-order valence-electron chi connectivity index (χ3n) is 4.95. The molecule has 2 saturated carbocycles. The molecule has 1 spiro atoms. The Bertz CT molecular complexity index is 199. The second-order valence-electron chi connectivity index (χ2n) is 5.67. The van der Waals surface area contributed by atoms with E-state index < -0.39 is 0 Å². The van der Waals surface area contributed by atoms with Gasteiger partial charge in [-0.05, 0) is 56.7 Å². The topological polar surface area (TPSA) is 3.24 Å². The number of piperidine rings is 1. The van der Waals surface area contributed by atoms with Crippen molar-refractivity contribution in [2.24, 2.45) is 17.3 Å². The molecule has 74 valence electrons. The molecule has 1 aliphatic heterocycles. The Kier molecular flexibility index (Phi) is 1.74. The molecule has 3 rings (SSSR count). The number of likely N-dealkylation sites (tertiary alicyclic amines) is 1. The molecule has 0 aromatic heterocycles. The predicted molar refractivity (Wildman–Crippen MR) is 54.6 cm³/mol. The van der Waals surface area contributed by atoms with E-state index in [-0.39, 0.29) is 0 Å². The summed E-state index contributed by atoms with van der Waals surface area (Å²) in [5.74, 6) is 2.32. The molecule has 1 unspecified atom stereocenters. The summed E-state index contributed by atoms with van der Waals surface area (Å²) in [7, 11) is 2.27. The Morgan fingerprint density at radius 3 is 2.38 bits per heavy atom. The summed E-state index contributed by atoms with van der Waals surface area (Å²) in [5, 5.41) is 0. The van der Waals surface area contributed by atoms with Crippen molar-refractivity contribution in [3.05, 3.63) is 0 Å². The van der Waals surface area contributed by atoms with E-state index in [1.54, 1.807) is 19.3 Å². The molecular formula is C12H21N. The highest BCUT2D eigenvalue weighted by molar-refractivity contribution is 5.08. The zero-order valence-electron chi connectivity index (χ0n) is 8.76. The third kappa shape index (κ3) is 1.24. The second kappa shape index (κ2) is 2.73. The zero-order chi connectivity index (χ0) is 8.89. The molecule has 1 heterocycles. The van der Waals surface area contributed by atoms with Gasteiger partial charge in [-0.1, -0.05) is 19.3 Å². The highest BCUT2D eigenvalue weighted by Crippen LogP contribution is 2.65.